The Bertz CT molecular complexity index is 615. The number of aryl methyl sites for hydroxylation is 1. The molecular weight excluding hydrogens is 264 g/mol. The Morgan fingerprint density at radius 1 is 1.32 bits per heavy atom. The van der Waals surface area contributed by atoms with Crippen LogP contribution < -0.4 is 0 Å². The molecule has 5 heteroatoms. The number of carboxylic acids is 1. The Kier molecular flexibility index (Phi) is 4.16. The lowest BCUT2D eigenvalue weighted by Crippen LogP contribution is -2.04. The predicted octanol–water partition coefficient (Wildman–Crippen LogP) is 2.74. The fraction of sp³-hybridized carbons (Fsp3) is 0.214. The van der Waals surface area contributed by atoms with Gasteiger partial charge in [0.2, 0.25) is 5.76 Å². The molecule has 100 valence electrons. The molecule has 2 aromatic rings. The molecule has 2 rings (SSSR count). The van der Waals surface area contributed by atoms with Crippen LogP contribution in [0.5, 0.6) is 0 Å². The van der Waals surface area contributed by atoms with Crippen molar-refractivity contribution in [1.82, 2.24) is 0 Å². The Morgan fingerprint density at radius 3 is 2.79 bits per heavy atom. The summed E-state index contributed by atoms with van der Waals surface area (Å²) in [7, 11) is -1.16. The molecule has 0 saturated heterocycles. The first-order chi connectivity index (χ1) is 9.06. The molecule has 0 aliphatic rings. The lowest BCUT2D eigenvalue weighted by Gasteiger charge is -2.03. The van der Waals surface area contributed by atoms with Crippen LogP contribution in [0.4, 0.5) is 0 Å². The number of rotatable bonds is 5. The number of carboxylic acid groups (broad SMARTS) is 1. The average Bonchev–Trinajstić information content (AvgIpc) is 2.76. The lowest BCUT2D eigenvalue weighted by molar-refractivity contribution is 0.0661. The molecule has 0 bridgehead atoms. The zero-order valence-electron chi connectivity index (χ0n) is 10.5. The van der Waals surface area contributed by atoms with Crippen LogP contribution in [-0.4, -0.2) is 15.3 Å². The van der Waals surface area contributed by atoms with Crippen LogP contribution in [0.1, 0.15) is 27.2 Å². The molecule has 0 aliphatic carbocycles. The van der Waals surface area contributed by atoms with Gasteiger partial charge < -0.3 is 9.52 Å². The number of hydrogen-bond donors (Lipinski definition) is 1. The van der Waals surface area contributed by atoms with Gasteiger partial charge in [-0.2, -0.15) is 0 Å². The van der Waals surface area contributed by atoms with E-state index in [4.69, 9.17) is 9.52 Å². The van der Waals surface area contributed by atoms with E-state index in [1.807, 2.05) is 31.2 Å². The largest absolute Gasteiger partial charge is 0.475 e. The number of aromatic carboxylic acids is 1. The highest BCUT2D eigenvalue weighted by Crippen LogP contribution is 2.15. The van der Waals surface area contributed by atoms with Gasteiger partial charge in [-0.25, -0.2) is 4.79 Å². The smallest absolute Gasteiger partial charge is 0.372 e. The first-order valence-electron chi connectivity index (χ1n) is 5.76. The van der Waals surface area contributed by atoms with E-state index >= 15 is 0 Å². The SMILES string of the molecule is Cc1cccc(CS(=O)Cc2ccoc2C(=O)O)c1. The van der Waals surface area contributed by atoms with Crippen molar-refractivity contribution in [3.8, 4) is 0 Å². The van der Waals surface area contributed by atoms with E-state index in [9.17, 15) is 9.00 Å². The van der Waals surface area contributed by atoms with Crippen molar-refractivity contribution >= 4 is 16.8 Å². The quantitative estimate of drug-likeness (QED) is 0.913. The monoisotopic (exact) mass is 278 g/mol. The van der Waals surface area contributed by atoms with Crippen molar-refractivity contribution < 1.29 is 18.5 Å². The van der Waals surface area contributed by atoms with Gasteiger partial charge in [0.05, 0.1) is 12.0 Å². The Hall–Kier alpha value is -1.88. The highest BCUT2D eigenvalue weighted by molar-refractivity contribution is 7.83. The molecule has 1 heterocycles. The third-order valence-corrected chi connectivity index (χ3v) is 3.96. The van der Waals surface area contributed by atoms with E-state index < -0.39 is 16.8 Å². The summed E-state index contributed by atoms with van der Waals surface area (Å²) < 4.78 is 16.9. The fourth-order valence-corrected chi connectivity index (χ4v) is 3.08. The van der Waals surface area contributed by atoms with E-state index in [1.54, 1.807) is 6.07 Å². The minimum atomic E-state index is -1.16. The molecule has 0 fully saturated rings. The maximum atomic E-state index is 12.0. The summed E-state index contributed by atoms with van der Waals surface area (Å²) in [5.41, 5.74) is 2.57. The lowest BCUT2D eigenvalue weighted by atomic mass is 10.2. The van der Waals surface area contributed by atoms with Crippen LogP contribution in [0, 0.1) is 6.92 Å². The normalized spacial score (nSPS) is 12.3. The summed E-state index contributed by atoms with van der Waals surface area (Å²) in [5.74, 6) is -0.664. The minimum Gasteiger partial charge on any atom is -0.475 e. The van der Waals surface area contributed by atoms with E-state index in [0.29, 0.717) is 11.3 Å². The van der Waals surface area contributed by atoms with Gasteiger partial charge in [0.25, 0.3) is 0 Å². The molecule has 1 unspecified atom stereocenters. The second-order valence-corrected chi connectivity index (χ2v) is 5.75. The summed E-state index contributed by atoms with van der Waals surface area (Å²) in [6, 6.07) is 9.34. The van der Waals surface area contributed by atoms with Crippen molar-refractivity contribution in [2.24, 2.45) is 0 Å². The number of benzene rings is 1. The number of carbonyl (C=O) groups is 1. The molecule has 0 spiro atoms. The minimum absolute atomic E-state index is 0.127. The van der Waals surface area contributed by atoms with Crippen LogP contribution in [0.25, 0.3) is 0 Å². The van der Waals surface area contributed by atoms with Gasteiger partial charge in [-0.05, 0) is 18.6 Å². The second kappa shape index (κ2) is 5.84. The molecule has 1 atom stereocenters. The van der Waals surface area contributed by atoms with E-state index in [2.05, 4.69) is 0 Å². The molecule has 1 aromatic heterocycles. The molecule has 0 radical (unpaired) electrons. The van der Waals surface area contributed by atoms with Gasteiger partial charge in [0.15, 0.2) is 0 Å². The summed E-state index contributed by atoms with van der Waals surface area (Å²) in [6.45, 7) is 1.98. The Labute approximate surface area is 113 Å². The number of furan rings is 1. The Morgan fingerprint density at radius 2 is 2.11 bits per heavy atom. The average molecular weight is 278 g/mol. The van der Waals surface area contributed by atoms with Crippen molar-refractivity contribution in [1.29, 1.82) is 0 Å². The second-order valence-electron chi connectivity index (χ2n) is 4.30. The molecule has 19 heavy (non-hydrogen) atoms. The van der Waals surface area contributed by atoms with E-state index in [0.717, 1.165) is 11.1 Å². The predicted molar refractivity (Wildman–Crippen MR) is 72.4 cm³/mol. The van der Waals surface area contributed by atoms with Gasteiger partial charge in [-0.3, -0.25) is 4.21 Å². The fourth-order valence-electron chi connectivity index (χ4n) is 1.85. The van der Waals surface area contributed by atoms with Crippen LogP contribution in [0.2, 0.25) is 0 Å². The zero-order valence-corrected chi connectivity index (χ0v) is 11.3. The van der Waals surface area contributed by atoms with Gasteiger partial charge in [-0.15, -0.1) is 0 Å². The van der Waals surface area contributed by atoms with Crippen LogP contribution in [0.3, 0.4) is 0 Å². The molecular formula is C14H14O4S. The molecule has 0 saturated carbocycles. The van der Waals surface area contributed by atoms with Gasteiger partial charge in [-0.1, -0.05) is 29.8 Å². The van der Waals surface area contributed by atoms with Gasteiger partial charge >= 0.3 is 5.97 Å². The topological polar surface area (TPSA) is 67.5 Å². The zero-order chi connectivity index (χ0) is 13.8. The van der Waals surface area contributed by atoms with Crippen molar-refractivity contribution in [2.45, 2.75) is 18.4 Å². The summed E-state index contributed by atoms with van der Waals surface area (Å²) in [5, 5.41) is 8.90. The third-order valence-electron chi connectivity index (χ3n) is 2.67. The highest BCUT2D eigenvalue weighted by atomic mass is 32.2. The van der Waals surface area contributed by atoms with Gasteiger partial charge in [0.1, 0.15) is 0 Å². The third kappa shape index (κ3) is 3.54. The van der Waals surface area contributed by atoms with Crippen LogP contribution in [0.15, 0.2) is 41.0 Å². The Balaban J connectivity index is 2.05. The standard InChI is InChI=1S/C14H14O4S/c1-10-3-2-4-11(7-10)8-19(17)9-12-5-6-18-13(12)14(15)16/h2-7H,8-9H2,1H3,(H,15,16). The summed E-state index contributed by atoms with van der Waals surface area (Å²) in [6.07, 6.45) is 1.31. The first-order valence-corrected chi connectivity index (χ1v) is 7.25. The van der Waals surface area contributed by atoms with Crippen molar-refractivity contribution in [3.63, 3.8) is 0 Å². The maximum absolute atomic E-state index is 12.0. The van der Waals surface area contributed by atoms with Crippen LogP contribution >= 0.6 is 0 Å². The molecule has 0 aliphatic heterocycles. The van der Waals surface area contributed by atoms with Crippen molar-refractivity contribution in [3.05, 3.63) is 59.0 Å². The highest BCUT2D eigenvalue weighted by Gasteiger charge is 2.16. The van der Waals surface area contributed by atoms with E-state index in [-0.39, 0.29) is 11.5 Å². The molecule has 1 N–H and O–H groups in total. The number of hydrogen-bond acceptors (Lipinski definition) is 3. The molecule has 0 amide bonds. The van der Waals surface area contributed by atoms with Crippen molar-refractivity contribution in [2.75, 3.05) is 0 Å². The van der Waals surface area contributed by atoms with Crippen LogP contribution in [-0.2, 0) is 22.3 Å². The van der Waals surface area contributed by atoms with Gasteiger partial charge in [0, 0.05) is 22.1 Å². The summed E-state index contributed by atoms with van der Waals surface area (Å²) in [4.78, 5) is 10.9. The summed E-state index contributed by atoms with van der Waals surface area (Å²) >= 11 is 0. The molecule has 4 nitrogen and oxygen atoms in total. The molecule has 1 aromatic carbocycles. The van der Waals surface area contributed by atoms with E-state index in [1.165, 1.54) is 6.26 Å². The maximum Gasteiger partial charge on any atom is 0.372 e. The first kappa shape index (κ1) is 13.5.